The van der Waals surface area contributed by atoms with Gasteiger partial charge in [0, 0.05) is 12.5 Å². The number of hydrogen-bond donors (Lipinski definition) is 2. The van der Waals surface area contributed by atoms with Gasteiger partial charge in [-0.05, 0) is 31.0 Å². The van der Waals surface area contributed by atoms with Gasteiger partial charge in [0.1, 0.15) is 11.8 Å². The van der Waals surface area contributed by atoms with E-state index >= 15 is 0 Å². The number of primary amides is 1. The second-order valence-corrected chi connectivity index (χ2v) is 5.46. The molecule has 0 aliphatic heterocycles. The summed E-state index contributed by atoms with van der Waals surface area (Å²) in [6.45, 7) is 4.75. The zero-order valence-electron chi connectivity index (χ0n) is 14.4. The number of esters is 2. The van der Waals surface area contributed by atoms with E-state index < -0.39 is 35.7 Å². The molecule has 0 saturated heterocycles. The molecule has 1 rings (SSSR count). The fourth-order valence-corrected chi connectivity index (χ4v) is 2.19. The second kappa shape index (κ2) is 9.41. The van der Waals surface area contributed by atoms with E-state index in [9.17, 15) is 19.2 Å². The van der Waals surface area contributed by atoms with Crippen molar-refractivity contribution < 1.29 is 28.7 Å². The van der Waals surface area contributed by atoms with E-state index in [-0.39, 0.29) is 24.3 Å². The van der Waals surface area contributed by atoms with Crippen LogP contribution in [0.4, 0.5) is 0 Å². The highest BCUT2D eigenvalue weighted by Gasteiger charge is 2.27. The molecule has 0 aliphatic rings. The third-order valence-electron chi connectivity index (χ3n) is 3.31. The highest BCUT2D eigenvalue weighted by atomic mass is 16.5. The lowest BCUT2D eigenvalue weighted by Crippen LogP contribution is -2.49. The highest BCUT2D eigenvalue weighted by Crippen LogP contribution is 2.15. The van der Waals surface area contributed by atoms with E-state index in [0.29, 0.717) is 0 Å². The number of rotatable bonds is 8. The van der Waals surface area contributed by atoms with Gasteiger partial charge in [0.2, 0.25) is 5.91 Å². The van der Waals surface area contributed by atoms with Crippen LogP contribution in [0.25, 0.3) is 0 Å². The van der Waals surface area contributed by atoms with Crippen molar-refractivity contribution in [3.8, 4) is 5.75 Å². The van der Waals surface area contributed by atoms with Gasteiger partial charge in [0.25, 0.3) is 5.91 Å². The lowest BCUT2D eigenvalue weighted by molar-refractivity contribution is -0.144. The van der Waals surface area contributed by atoms with Gasteiger partial charge in [-0.3, -0.25) is 19.2 Å². The Morgan fingerprint density at radius 2 is 1.92 bits per heavy atom. The van der Waals surface area contributed by atoms with Gasteiger partial charge in [-0.15, -0.1) is 0 Å². The monoisotopic (exact) mass is 350 g/mol. The largest absolute Gasteiger partial charge is 0.466 e. The van der Waals surface area contributed by atoms with Gasteiger partial charge in [0.05, 0.1) is 13.0 Å². The minimum Gasteiger partial charge on any atom is -0.466 e. The molecule has 25 heavy (non-hydrogen) atoms. The molecule has 0 fully saturated rings. The maximum Gasteiger partial charge on any atom is 0.308 e. The summed E-state index contributed by atoms with van der Waals surface area (Å²) in [4.78, 5) is 46.5. The Morgan fingerprint density at radius 3 is 2.48 bits per heavy atom. The summed E-state index contributed by atoms with van der Waals surface area (Å²) in [5.74, 6) is -2.68. The summed E-state index contributed by atoms with van der Waals surface area (Å²) < 4.78 is 9.75. The van der Waals surface area contributed by atoms with Crippen LogP contribution in [-0.4, -0.2) is 36.4 Å². The molecule has 2 atom stereocenters. The van der Waals surface area contributed by atoms with Crippen molar-refractivity contribution in [2.24, 2.45) is 11.7 Å². The standard InChI is InChI=1S/C17H22N2O6/c1-4-24-14(21)8-10(2)15(16(18)22)19-17(23)12-6-5-7-13(9-12)25-11(3)20/h5-7,9-10,15H,4,8H2,1-3H3,(H2,18,22)(H,19,23)/t10-,15-/m1/s1. The zero-order chi connectivity index (χ0) is 19.0. The van der Waals surface area contributed by atoms with E-state index in [1.54, 1.807) is 13.8 Å². The first-order valence-electron chi connectivity index (χ1n) is 7.78. The van der Waals surface area contributed by atoms with Gasteiger partial charge < -0.3 is 20.5 Å². The van der Waals surface area contributed by atoms with E-state index in [2.05, 4.69) is 5.32 Å². The minimum atomic E-state index is -1.05. The first kappa shape index (κ1) is 20.1. The average molecular weight is 350 g/mol. The molecule has 0 saturated carbocycles. The Labute approximate surface area is 145 Å². The van der Waals surface area contributed by atoms with Crippen LogP contribution in [0.2, 0.25) is 0 Å². The summed E-state index contributed by atoms with van der Waals surface area (Å²) in [5, 5.41) is 2.50. The lowest BCUT2D eigenvalue weighted by Gasteiger charge is -2.21. The number of ether oxygens (including phenoxy) is 2. The topological polar surface area (TPSA) is 125 Å². The van der Waals surface area contributed by atoms with Crippen LogP contribution in [0.3, 0.4) is 0 Å². The number of nitrogens with one attached hydrogen (secondary N) is 1. The van der Waals surface area contributed by atoms with E-state index in [4.69, 9.17) is 15.2 Å². The molecule has 1 aromatic carbocycles. The normalized spacial score (nSPS) is 12.6. The van der Waals surface area contributed by atoms with Crippen LogP contribution in [0, 0.1) is 5.92 Å². The summed E-state index contributed by atoms with van der Waals surface area (Å²) in [7, 11) is 0. The molecule has 0 aliphatic carbocycles. The molecule has 3 N–H and O–H groups in total. The first-order chi connectivity index (χ1) is 11.7. The summed E-state index contributed by atoms with van der Waals surface area (Å²) in [6.07, 6.45) is -0.0603. The van der Waals surface area contributed by atoms with Crippen molar-refractivity contribution in [1.82, 2.24) is 5.32 Å². The van der Waals surface area contributed by atoms with Crippen LogP contribution in [0.1, 0.15) is 37.6 Å². The first-order valence-corrected chi connectivity index (χ1v) is 7.78. The minimum absolute atomic E-state index is 0.0603. The number of nitrogens with two attached hydrogens (primary N) is 1. The number of amides is 2. The third kappa shape index (κ3) is 6.62. The van der Waals surface area contributed by atoms with Gasteiger partial charge in [-0.2, -0.15) is 0 Å². The molecule has 0 spiro atoms. The molecule has 0 heterocycles. The van der Waals surface area contributed by atoms with Crippen molar-refractivity contribution in [2.45, 2.75) is 33.2 Å². The smallest absolute Gasteiger partial charge is 0.308 e. The second-order valence-electron chi connectivity index (χ2n) is 5.46. The number of benzene rings is 1. The molecule has 8 nitrogen and oxygen atoms in total. The quantitative estimate of drug-likeness (QED) is 0.527. The molecule has 0 radical (unpaired) electrons. The Morgan fingerprint density at radius 1 is 1.24 bits per heavy atom. The number of carbonyl (C=O) groups excluding carboxylic acids is 4. The summed E-state index contributed by atoms with van der Waals surface area (Å²) >= 11 is 0. The molecular formula is C17H22N2O6. The Bertz CT molecular complexity index is 658. The van der Waals surface area contributed by atoms with Crippen LogP contribution in [0.15, 0.2) is 24.3 Å². The van der Waals surface area contributed by atoms with Crippen molar-refractivity contribution in [2.75, 3.05) is 6.61 Å². The van der Waals surface area contributed by atoms with Gasteiger partial charge in [-0.25, -0.2) is 0 Å². The van der Waals surface area contributed by atoms with Crippen molar-refractivity contribution in [3.63, 3.8) is 0 Å². The highest BCUT2D eigenvalue weighted by molar-refractivity contribution is 5.97. The molecule has 2 amide bonds. The number of carbonyl (C=O) groups is 4. The molecule has 0 bridgehead atoms. The Kier molecular flexibility index (Phi) is 7.58. The van der Waals surface area contributed by atoms with Crippen molar-refractivity contribution >= 4 is 23.8 Å². The molecule has 0 aromatic heterocycles. The van der Waals surface area contributed by atoms with E-state index in [1.165, 1.54) is 31.2 Å². The van der Waals surface area contributed by atoms with Crippen LogP contribution < -0.4 is 15.8 Å². The Hall–Kier alpha value is -2.90. The van der Waals surface area contributed by atoms with E-state index in [0.717, 1.165) is 0 Å². The van der Waals surface area contributed by atoms with Crippen LogP contribution in [-0.2, 0) is 19.1 Å². The van der Waals surface area contributed by atoms with Crippen LogP contribution in [0.5, 0.6) is 5.75 Å². The fourth-order valence-electron chi connectivity index (χ4n) is 2.19. The Balaban J connectivity index is 2.84. The van der Waals surface area contributed by atoms with Gasteiger partial charge in [0.15, 0.2) is 0 Å². The average Bonchev–Trinajstić information content (AvgIpc) is 2.51. The molecule has 136 valence electrons. The predicted octanol–water partition coefficient (Wildman–Crippen LogP) is 0.785. The summed E-state index contributed by atoms with van der Waals surface area (Å²) in [6, 6.07) is 4.87. The van der Waals surface area contributed by atoms with Gasteiger partial charge in [-0.1, -0.05) is 13.0 Å². The fraction of sp³-hybridized carbons (Fsp3) is 0.412. The van der Waals surface area contributed by atoms with Crippen molar-refractivity contribution in [1.29, 1.82) is 0 Å². The van der Waals surface area contributed by atoms with Crippen LogP contribution >= 0.6 is 0 Å². The molecule has 1 aromatic rings. The zero-order valence-corrected chi connectivity index (χ0v) is 14.4. The lowest BCUT2D eigenvalue weighted by atomic mass is 9.97. The summed E-state index contributed by atoms with van der Waals surface area (Å²) in [5.41, 5.74) is 5.52. The molecule has 8 heteroatoms. The molecular weight excluding hydrogens is 328 g/mol. The SMILES string of the molecule is CCOC(=O)C[C@@H](C)[C@@H](NC(=O)c1cccc(OC(C)=O)c1)C(N)=O. The van der Waals surface area contributed by atoms with Crippen molar-refractivity contribution in [3.05, 3.63) is 29.8 Å². The van der Waals surface area contributed by atoms with E-state index in [1.807, 2.05) is 0 Å². The van der Waals surface area contributed by atoms with Gasteiger partial charge >= 0.3 is 11.9 Å². The number of hydrogen-bond acceptors (Lipinski definition) is 6. The maximum atomic E-state index is 12.3. The maximum absolute atomic E-state index is 12.3. The molecule has 0 unspecified atom stereocenters. The predicted molar refractivity (Wildman–Crippen MR) is 88.6 cm³/mol. The third-order valence-corrected chi connectivity index (χ3v) is 3.31.